The molecule has 0 atom stereocenters. The summed E-state index contributed by atoms with van der Waals surface area (Å²) in [6.45, 7) is 3.17. The van der Waals surface area contributed by atoms with Crippen LogP contribution < -0.4 is 9.47 Å². The van der Waals surface area contributed by atoms with Gasteiger partial charge in [0.25, 0.3) is 0 Å². The Labute approximate surface area is 127 Å². The second kappa shape index (κ2) is 5.29. The van der Waals surface area contributed by atoms with Crippen molar-refractivity contribution in [1.29, 1.82) is 0 Å². The minimum atomic E-state index is -0.502. The third-order valence-corrected chi connectivity index (χ3v) is 3.62. The standard InChI is InChI=1S/C16H15NO5/c1-9(18)21-14-7-11-5-6-17-13(3-4-16(17)20)12(11)8-15(14)22-10(2)19/h3,7-8H,4-6H2,1-2H3. The van der Waals surface area contributed by atoms with E-state index in [0.717, 1.165) is 16.8 Å². The Morgan fingerprint density at radius 1 is 1.09 bits per heavy atom. The first kappa shape index (κ1) is 14.3. The van der Waals surface area contributed by atoms with Crippen molar-refractivity contribution >= 4 is 23.5 Å². The maximum atomic E-state index is 11.8. The lowest BCUT2D eigenvalue weighted by Crippen LogP contribution is -2.31. The van der Waals surface area contributed by atoms with Crippen molar-refractivity contribution in [3.05, 3.63) is 29.3 Å². The topological polar surface area (TPSA) is 72.9 Å². The second-order valence-corrected chi connectivity index (χ2v) is 5.23. The van der Waals surface area contributed by atoms with Gasteiger partial charge < -0.3 is 14.4 Å². The molecule has 0 bridgehead atoms. The van der Waals surface area contributed by atoms with Gasteiger partial charge in [-0.05, 0) is 24.1 Å². The third kappa shape index (κ3) is 2.47. The number of hydrogen-bond acceptors (Lipinski definition) is 5. The highest BCUT2D eigenvalue weighted by molar-refractivity contribution is 5.95. The van der Waals surface area contributed by atoms with Crippen LogP contribution in [0.2, 0.25) is 0 Å². The number of rotatable bonds is 2. The Balaban J connectivity index is 2.08. The molecule has 0 aromatic heterocycles. The predicted octanol–water partition coefficient (Wildman–Crippen LogP) is 1.67. The molecule has 1 aromatic rings. The first-order chi connectivity index (χ1) is 10.5. The number of esters is 2. The molecular formula is C16H15NO5. The maximum absolute atomic E-state index is 11.8. The zero-order valence-electron chi connectivity index (χ0n) is 12.3. The Morgan fingerprint density at radius 2 is 1.73 bits per heavy atom. The van der Waals surface area contributed by atoms with Crippen LogP contribution in [-0.4, -0.2) is 29.3 Å². The molecule has 2 heterocycles. The number of hydrogen-bond donors (Lipinski definition) is 0. The van der Waals surface area contributed by atoms with Gasteiger partial charge in [0.05, 0.1) is 0 Å². The van der Waals surface area contributed by atoms with Crippen LogP contribution in [0.25, 0.3) is 5.70 Å². The van der Waals surface area contributed by atoms with Gasteiger partial charge in [0.15, 0.2) is 11.5 Å². The van der Waals surface area contributed by atoms with Crippen LogP contribution in [0, 0.1) is 0 Å². The fourth-order valence-electron chi connectivity index (χ4n) is 2.79. The van der Waals surface area contributed by atoms with Gasteiger partial charge in [0, 0.05) is 38.1 Å². The Morgan fingerprint density at radius 3 is 2.36 bits per heavy atom. The van der Waals surface area contributed by atoms with Gasteiger partial charge in [-0.3, -0.25) is 14.4 Å². The van der Waals surface area contributed by atoms with Crippen molar-refractivity contribution < 1.29 is 23.9 Å². The minimum Gasteiger partial charge on any atom is -0.423 e. The predicted molar refractivity (Wildman–Crippen MR) is 77.1 cm³/mol. The molecule has 0 unspecified atom stereocenters. The van der Waals surface area contributed by atoms with Crippen LogP contribution in [0.5, 0.6) is 11.5 Å². The summed E-state index contributed by atoms with van der Waals surface area (Å²) >= 11 is 0. The van der Waals surface area contributed by atoms with Gasteiger partial charge in [-0.15, -0.1) is 0 Å². The number of fused-ring (bicyclic) bond motifs is 3. The third-order valence-electron chi connectivity index (χ3n) is 3.62. The molecule has 2 aliphatic rings. The molecular weight excluding hydrogens is 286 g/mol. The SMILES string of the molecule is CC(=O)Oc1cc2c(cc1OC(C)=O)C1=CCC(=O)N1CC2. The van der Waals surface area contributed by atoms with Crippen LogP contribution in [0.1, 0.15) is 31.4 Å². The molecule has 1 amide bonds. The van der Waals surface area contributed by atoms with Crippen LogP contribution in [0.4, 0.5) is 0 Å². The van der Waals surface area contributed by atoms with E-state index in [0.29, 0.717) is 19.4 Å². The first-order valence-corrected chi connectivity index (χ1v) is 7.00. The zero-order chi connectivity index (χ0) is 15.9. The molecule has 0 saturated heterocycles. The van der Waals surface area contributed by atoms with Crippen LogP contribution in [0.3, 0.4) is 0 Å². The fourth-order valence-corrected chi connectivity index (χ4v) is 2.79. The average molecular weight is 301 g/mol. The van der Waals surface area contributed by atoms with E-state index in [2.05, 4.69) is 0 Å². The largest absolute Gasteiger partial charge is 0.423 e. The molecule has 3 rings (SSSR count). The number of benzene rings is 1. The van der Waals surface area contributed by atoms with Gasteiger partial charge in [0.1, 0.15) is 0 Å². The number of ether oxygens (including phenoxy) is 2. The minimum absolute atomic E-state index is 0.0683. The molecule has 0 saturated carbocycles. The first-order valence-electron chi connectivity index (χ1n) is 7.00. The van der Waals surface area contributed by atoms with Gasteiger partial charge in [0.2, 0.25) is 5.91 Å². The van der Waals surface area contributed by atoms with Gasteiger partial charge in [-0.25, -0.2) is 0 Å². The molecule has 22 heavy (non-hydrogen) atoms. The van der Waals surface area contributed by atoms with E-state index in [4.69, 9.17) is 9.47 Å². The summed E-state index contributed by atoms with van der Waals surface area (Å²) in [6, 6.07) is 3.36. The molecule has 6 nitrogen and oxygen atoms in total. The summed E-state index contributed by atoms with van der Waals surface area (Å²) in [6.07, 6.45) is 2.90. The molecule has 0 N–H and O–H groups in total. The maximum Gasteiger partial charge on any atom is 0.308 e. The van der Waals surface area contributed by atoms with E-state index < -0.39 is 11.9 Å². The van der Waals surface area contributed by atoms with Crippen LogP contribution >= 0.6 is 0 Å². The van der Waals surface area contributed by atoms with E-state index in [9.17, 15) is 14.4 Å². The lowest BCUT2D eigenvalue weighted by atomic mass is 9.96. The molecule has 0 aliphatic carbocycles. The molecule has 0 radical (unpaired) electrons. The van der Waals surface area contributed by atoms with Gasteiger partial charge in [-0.2, -0.15) is 0 Å². The second-order valence-electron chi connectivity index (χ2n) is 5.23. The highest BCUT2D eigenvalue weighted by Gasteiger charge is 2.31. The summed E-state index contributed by atoms with van der Waals surface area (Å²) in [5.74, 6) is -0.513. The summed E-state index contributed by atoms with van der Waals surface area (Å²) in [7, 11) is 0. The van der Waals surface area contributed by atoms with Crippen molar-refractivity contribution in [2.45, 2.75) is 26.7 Å². The van der Waals surface area contributed by atoms with Crippen molar-refractivity contribution in [3.8, 4) is 11.5 Å². The van der Waals surface area contributed by atoms with Crippen molar-refractivity contribution in [2.24, 2.45) is 0 Å². The number of nitrogens with zero attached hydrogens (tertiary/aromatic N) is 1. The normalized spacial score (nSPS) is 15.8. The fraction of sp³-hybridized carbons (Fsp3) is 0.312. The Hall–Kier alpha value is -2.63. The van der Waals surface area contributed by atoms with Crippen molar-refractivity contribution in [2.75, 3.05) is 6.54 Å². The molecule has 0 spiro atoms. The van der Waals surface area contributed by atoms with Crippen LogP contribution in [0.15, 0.2) is 18.2 Å². The number of carbonyl (C=O) groups excluding carboxylic acids is 3. The zero-order valence-corrected chi connectivity index (χ0v) is 12.3. The monoisotopic (exact) mass is 301 g/mol. The van der Waals surface area contributed by atoms with Crippen molar-refractivity contribution in [3.63, 3.8) is 0 Å². The molecule has 6 heteroatoms. The van der Waals surface area contributed by atoms with Gasteiger partial charge in [-0.1, -0.05) is 6.08 Å². The van der Waals surface area contributed by atoms with E-state index >= 15 is 0 Å². The Bertz CT molecular complexity index is 719. The summed E-state index contributed by atoms with van der Waals surface area (Å²) in [4.78, 5) is 36.0. The van der Waals surface area contributed by atoms with Gasteiger partial charge >= 0.3 is 11.9 Å². The van der Waals surface area contributed by atoms with Crippen LogP contribution in [-0.2, 0) is 20.8 Å². The van der Waals surface area contributed by atoms with E-state index in [1.54, 1.807) is 17.0 Å². The highest BCUT2D eigenvalue weighted by Crippen LogP contribution is 2.40. The highest BCUT2D eigenvalue weighted by atomic mass is 16.6. The molecule has 114 valence electrons. The van der Waals surface area contributed by atoms with E-state index in [1.807, 2.05) is 6.08 Å². The Kier molecular flexibility index (Phi) is 3.44. The quantitative estimate of drug-likeness (QED) is 0.613. The lowest BCUT2D eigenvalue weighted by molar-refractivity contribution is -0.134. The number of amides is 1. The number of carbonyl (C=O) groups is 3. The molecule has 1 aromatic carbocycles. The van der Waals surface area contributed by atoms with E-state index in [-0.39, 0.29) is 17.4 Å². The molecule has 2 aliphatic heterocycles. The summed E-state index contributed by atoms with van der Waals surface area (Å²) < 4.78 is 10.3. The summed E-state index contributed by atoms with van der Waals surface area (Å²) in [5.41, 5.74) is 2.63. The van der Waals surface area contributed by atoms with Crippen molar-refractivity contribution in [1.82, 2.24) is 4.90 Å². The smallest absolute Gasteiger partial charge is 0.308 e. The lowest BCUT2D eigenvalue weighted by Gasteiger charge is -2.28. The molecule has 0 fully saturated rings. The van der Waals surface area contributed by atoms with E-state index in [1.165, 1.54) is 13.8 Å². The average Bonchev–Trinajstić information content (AvgIpc) is 2.80. The summed E-state index contributed by atoms with van der Waals surface area (Å²) in [5, 5.41) is 0.